The molecule has 0 atom stereocenters. The van der Waals surface area contributed by atoms with Crippen LogP contribution in [-0.4, -0.2) is 4.40 Å². The summed E-state index contributed by atoms with van der Waals surface area (Å²) < 4.78 is 8.65. The van der Waals surface area contributed by atoms with E-state index in [4.69, 9.17) is 4.42 Å². The predicted octanol–water partition coefficient (Wildman–Crippen LogP) is 16.8. The van der Waals surface area contributed by atoms with Crippen LogP contribution in [0, 0.1) is 0 Å². The molecule has 13 rings (SSSR count). The van der Waals surface area contributed by atoms with Gasteiger partial charge in [0.25, 0.3) is 0 Å². The molecular formula is C60H38N2O. The second kappa shape index (κ2) is 13.8. The van der Waals surface area contributed by atoms with Crippen LogP contribution >= 0.6 is 0 Å². The predicted molar refractivity (Wildman–Crippen MR) is 269 cm³/mol. The minimum absolute atomic E-state index is 0.882. The van der Waals surface area contributed by atoms with Crippen molar-refractivity contribution < 1.29 is 4.42 Å². The normalized spacial score (nSPS) is 12.5. The maximum Gasteiger partial charge on any atom is 0.136 e. The Hall–Kier alpha value is -8.40. The van der Waals surface area contributed by atoms with E-state index in [1.54, 1.807) is 0 Å². The Kier molecular flexibility index (Phi) is 7.76. The van der Waals surface area contributed by atoms with E-state index in [1.807, 2.05) is 18.2 Å². The van der Waals surface area contributed by atoms with Crippen LogP contribution < -0.4 is 4.90 Å². The number of fused-ring (bicyclic) bond motifs is 15. The van der Waals surface area contributed by atoms with Crippen molar-refractivity contribution in [2.75, 3.05) is 4.90 Å². The van der Waals surface area contributed by atoms with E-state index in [0.717, 1.165) is 50.1 Å². The quantitative estimate of drug-likeness (QED) is 0.118. The van der Waals surface area contributed by atoms with Crippen LogP contribution in [0.15, 0.2) is 229 Å². The molecule has 10 aromatic carbocycles. The maximum absolute atomic E-state index is 6.22. The summed E-state index contributed by atoms with van der Waals surface area (Å²) in [5.74, 6) is 0. The van der Waals surface area contributed by atoms with Crippen molar-refractivity contribution in [2.24, 2.45) is 0 Å². The molecule has 0 radical (unpaired) electrons. The average Bonchev–Trinajstić information content (AvgIpc) is 4.01. The van der Waals surface area contributed by atoms with Crippen molar-refractivity contribution in [3.8, 4) is 11.1 Å². The molecule has 0 fully saturated rings. The van der Waals surface area contributed by atoms with Crippen LogP contribution in [0.3, 0.4) is 0 Å². The topological polar surface area (TPSA) is 20.8 Å². The largest absolute Gasteiger partial charge is 0.456 e. The number of aromatic nitrogens is 1. The Balaban J connectivity index is 0.934. The Morgan fingerprint density at radius 3 is 1.76 bits per heavy atom. The van der Waals surface area contributed by atoms with Crippen molar-refractivity contribution in [1.82, 2.24) is 4.40 Å². The van der Waals surface area contributed by atoms with Gasteiger partial charge in [0.05, 0.1) is 16.6 Å². The van der Waals surface area contributed by atoms with Gasteiger partial charge >= 0.3 is 0 Å². The molecule has 63 heavy (non-hydrogen) atoms. The number of allylic oxidation sites excluding steroid dienone is 3. The third kappa shape index (κ3) is 5.40. The monoisotopic (exact) mass is 802 g/mol. The standard InChI is InChI=1S/C60H38N2O/c1-2-41(14-11-13-38-25-32-51-50-20-8-10-24-58(50)63-59(51)35-38)61(43-31-33-48-46-17-4-3-15-44(46)45-16-5-6-18-47(45)54(48)37-43)42-29-26-39(27-30-42)40-28-34-57-55(36-40)53-22-12-21-52-49-19-7-9-23-56(49)62(57)60(52)53/h2-37H,1H2. The number of hydrogen-bond donors (Lipinski definition) is 0. The van der Waals surface area contributed by atoms with Gasteiger partial charge in [-0.1, -0.05) is 152 Å². The number of nitrogens with zero attached hydrogens (tertiary/aromatic N) is 2. The van der Waals surface area contributed by atoms with Gasteiger partial charge in [-0.2, -0.15) is 0 Å². The zero-order chi connectivity index (χ0) is 41.6. The summed E-state index contributed by atoms with van der Waals surface area (Å²) in [5, 5.41) is 14.9. The molecule has 3 heterocycles. The van der Waals surface area contributed by atoms with Gasteiger partial charge in [0.1, 0.15) is 11.2 Å². The van der Waals surface area contributed by atoms with Gasteiger partial charge in [0.15, 0.2) is 0 Å². The second-order valence-corrected chi connectivity index (χ2v) is 16.5. The molecule has 0 aliphatic carbocycles. The molecule has 0 aliphatic rings. The van der Waals surface area contributed by atoms with Gasteiger partial charge in [-0.05, 0) is 122 Å². The third-order valence-corrected chi connectivity index (χ3v) is 13.1. The smallest absolute Gasteiger partial charge is 0.136 e. The molecule has 294 valence electrons. The van der Waals surface area contributed by atoms with Crippen molar-refractivity contribution >= 4 is 110 Å². The molecule has 0 saturated carbocycles. The zero-order valence-electron chi connectivity index (χ0n) is 34.3. The molecule has 0 saturated heterocycles. The fraction of sp³-hybridized carbons (Fsp3) is 0. The van der Waals surface area contributed by atoms with E-state index in [-0.39, 0.29) is 0 Å². The average molecular weight is 803 g/mol. The summed E-state index contributed by atoms with van der Waals surface area (Å²) in [5.41, 5.74) is 12.0. The molecule has 0 bridgehead atoms. The van der Waals surface area contributed by atoms with E-state index >= 15 is 0 Å². The lowest BCUT2D eigenvalue weighted by Gasteiger charge is -2.27. The fourth-order valence-corrected chi connectivity index (χ4v) is 10.2. The summed E-state index contributed by atoms with van der Waals surface area (Å²) >= 11 is 0. The summed E-state index contributed by atoms with van der Waals surface area (Å²) in [6.07, 6.45) is 8.33. The van der Waals surface area contributed by atoms with E-state index in [0.29, 0.717) is 0 Å². The number of furan rings is 1. The van der Waals surface area contributed by atoms with Gasteiger partial charge in [0.2, 0.25) is 0 Å². The first kappa shape index (κ1) is 35.4. The highest BCUT2D eigenvalue weighted by molar-refractivity contribution is 6.26. The molecule has 0 amide bonds. The molecule has 0 spiro atoms. The third-order valence-electron chi connectivity index (χ3n) is 13.1. The lowest BCUT2D eigenvalue weighted by Crippen LogP contribution is -2.15. The lowest BCUT2D eigenvalue weighted by molar-refractivity contribution is 0.669. The van der Waals surface area contributed by atoms with Crippen molar-refractivity contribution in [3.05, 3.63) is 230 Å². The Morgan fingerprint density at radius 2 is 1.00 bits per heavy atom. The van der Waals surface area contributed by atoms with Crippen LogP contribution in [0.2, 0.25) is 0 Å². The van der Waals surface area contributed by atoms with Crippen LogP contribution in [0.25, 0.3) is 110 Å². The number of anilines is 2. The highest BCUT2D eigenvalue weighted by Gasteiger charge is 2.19. The molecule has 3 heteroatoms. The van der Waals surface area contributed by atoms with E-state index in [2.05, 4.69) is 216 Å². The molecule has 3 aromatic heterocycles. The van der Waals surface area contributed by atoms with Gasteiger partial charge in [0, 0.05) is 49.4 Å². The van der Waals surface area contributed by atoms with Gasteiger partial charge in [-0.3, -0.25) is 0 Å². The van der Waals surface area contributed by atoms with Crippen LogP contribution in [0.5, 0.6) is 0 Å². The lowest BCUT2D eigenvalue weighted by atomic mass is 9.94. The van der Waals surface area contributed by atoms with E-state index in [1.165, 1.54) is 76.0 Å². The minimum Gasteiger partial charge on any atom is -0.456 e. The fourth-order valence-electron chi connectivity index (χ4n) is 10.2. The number of rotatable bonds is 7. The summed E-state index contributed by atoms with van der Waals surface area (Å²) in [7, 11) is 0. The maximum atomic E-state index is 6.22. The molecule has 3 nitrogen and oxygen atoms in total. The Bertz CT molecular complexity index is 4010. The van der Waals surface area contributed by atoms with Crippen molar-refractivity contribution in [3.63, 3.8) is 0 Å². The second-order valence-electron chi connectivity index (χ2n) is 16.5. The van der Waals surface area contributed by atoms with Crippen molar-refractivity contribution in [1.29, 1.82) is 0 Å². The Labute approximate surface area is 363 Å². The first-order valence-corrected chi connectivity index (χ1v) is 21.5. The molecular weight excluding hydrogens is 765 g/mol. The van der Waals surface area contributed by atoms with Crippen LogP contribution in [0.1, 0.15) is 5.56 Å². The number of hydrogen-bond acceptors (Lipinski definition) is 2. The summed E-state index contributed by atoms with van der Waals surface area (Å²) in [4.78, 5) is 2.31. The molecule has 0 unspecified atom stereocenters. The highest BCUT2D eigenvalue weighted by Crippen LogP contribution is 2.42. The minimum atomic E-state index is 0.882. The number of benzene rings is 10. The van der Waals surface area contributed by atoms with E-state index in [9.17, 15) is 0 Å². The molecule has 0 N–H and O–H groups in total. The Morgan fingerprint density at radius 1 is 0.429 bits per heavy atom. The SMILES string of the molecule is C=CC(=CC=Cc1ccc2c(c1)oc1ccccc12)N(c1ccc(-c2ccc3c(c2)c2cccc4c5ccccc5n3c42)cc1)c1ccc2c3ccccc3c3ccccc3c2c1. The van der Waals surface area contributed by atoms with Crippen LogP contribution in [0.4, 0.5) is 11.4 Å². The first-order chi connectivity index (χ1) is 31.2. The number of para-hydroxylation sites is 3. The van der Waals surface area contributed by atoms with E-state index < -0.39 is 0 Å². The van der Waals surface area contributed by atoms with Crippen molar-refractivity contribution in [2.45, 2.75) is 0 Å². The molecule has 0 aliphatic heterocycles. The summed E-state index contributed by atoms with van der Waals surface area (Å²) in [6.45, 7) is 4.36. The highest BCUT2D eigenvalue weighted by atomic mass is 16.3. The molecule has 13 aromatic rings. The van der Waals surface area contributed by atoms with Gasteiger partial charge < -0.3 is 13.7 Å². The zero-order valence-corrected chi connectivity index (χ0v) is 34.3. The van der Waals surface area contributed by atoms with Gasteiger partial charge in [-0.25, -0.2) is 0 Å². The van der Waals surface area contributed by atoms with Gasteiger partial charge in [-0.15, -0.1) is 0 Å². The summed E-state index contributed by atoms with van der Waals surface area (Å²) in [6, 6.07) is 70.3. The van der Waals surface area contributed by atoms with Crippen LogP contribution in [-0.2, 0) is 0 Å². The first-order valence-electron chi connectivity index (χ1n) is 21.5.